The largest absolute Gasteiger partial charge is 0.399 e. The van der Waals surface area contributed by atoms with Crippen LogP contribution in [0.4, 0.5) is 0 Å². The Hall–Kier alpha value is -0.720. The minimum atomic E-state index is 0.609. The van der Waals surface area contributed by atoms with Gasteiger partial charge in [0, 0.05) is 5.70 Å². The van der Waals surface area contributed by atoms with Gasteiger partial charge in [-0.3, -0.25) is 0 Å². The molecule has 48 valence electrons. The first-order valence-corrected chi connectivity index (χ1v) is 2.84. The molecular formula is C7H15N. The predicted octanol–water partition coefficient (Wildman–Crippen LogP) is 2.06. The third-order valence-electron chi connectivity index (χ3n) is 0.381. The van der Waals surface area contributed by atoms with Gasteiger partial charge in [0.05, 0.1) is 0 Å². The molecule has 0 aliphatic rings. The molecule has 0 atom stereocenters. The van der Waals surface area contributed by atoms with E-state index < -0.39 is 0 Å². The monoisotopic (exact) mass is 113 g/mol. The molecule has 2 N–H and O–H groups in total. The molecule has 0 aliphatic heterocycles. The summed E-state index contributed by atoms with van der Waals surface area (Å²) in [5.41, 5.74) is 5.73. The van der Waals surface area contributed by atoms with Crippen molar-refractivity contribution in [2.45, 2.75) is 20.8 Å². The summed E-state index contributed by atoms with van der Waals surface area (Å²) in [4.78, 5) is 0. The molecule has 0 aliphatic carbocycles. The second-order valence-electron chi connectivity index (χ2n) is 1.07. The second kappa shape index (κ2) is 9.56. The second-order valence-corrected chi connectivity index (χ2v) is 1.07. The molecule has 1 nitrogen and oxygen atoms in total. The highest BCUT2D eigenvalue weighted by Crippen LogP contribution is 1.75. The van der Waals surface area contributed by atoms with Crippen LogP contribution in [-0.2, 0) is 0 Å². The van der Waals surface area contributed by atoms with Crippen molar-refractivity contribution < 1.29 is 0 Å². The van der Waals surface area contributed by atoms with Crippen LogP contribution in [0.25, 0.3) is 0 Å². The molecule has 0 heterocycles. The fraction of sp³-hybridized carbons (Fsp3) is 0.429. The molecule has 0 unspecified atom stereocenters. The Balaban J connectivity index is 0. The van der Waals surface area contributed by atoms with Gasteiger partial charge in [-0.05, 0) is 13.0 Å². The maximum Gasteiger partial charge on any atom is 0.0237 e. The van der Waals surface area contributed by atoms with Crippen molar-refractivity contribution in [2.24, 2.45) is 5.73 Å². The average Bonchev–Trinajstić information content (AvgIpc) is 1.72. The quantitative estimate of drug-likeness (QED) is 0.517. The first kappa shape index (κ1) is 10.3. The molecule has 0 saturated heterocycles. The molecule has 0 radical (unpaired) electrons. The lowest BCUT2D eigenvalue weighted by atomic mass is 10.4. The van der Waals surface area contributed by atoms with E-state index in [0.717, 1.165) is 0 Å². The van der Waals surface area contributed by atoms with Crippen molar-refractivity contribution in [3.63, 3.8) is 0 Å². The Bertz CT molecular complexity index is 72.5. The lowest BCUT2D eigenvalue weighted by Crippen LogP contribution is -1.86. The Morgan fingerprint density at radius 2 is 1.88 bits per heavy atom. The van der Waals surface area contributed by atoms with Crippen LogP contribution in [0.2, 0.25) is 0 Å². The van der Waals surface area contributed by atoms with Crippen molar-refractivity contribution in [1.82, 2.24) is 0 Å². The summed E-state index contributed by atoms with van der Waals surface area (Å²) in [6.45, 7) is 9.34. The summed E-state index contributed by atoms with van der Waals surface area (Å²) < 4.78 is 0. The third kappa shape index (κ3) is 18.6. The smallest absolute Gasteiger partial charge is 0.0237 e. The molecule has 1 heteroatoms. The van der Waals surface area contributed by atoms with Gasteiger partial charge in [0.25, 0.3) is 0 Å². The van der Waals surface area contributed by atoms with Crippen LogP contribution in [0, 0.1) is 0 Å². The SMILES string of the molecule is C=C(N)/C=C\C.CC. The maximum absolute atomic E-state index is 5.12. The van der Waals surface area contributed by atoms with Crippen LogP contribution < -0.4 is 5.73 Å². The zero-order valence-corrected chi connectivity index (χ0v) is 5.94. The zero-order chi connectivity index (χ0) is 6.99. The van der Waals surface area contributed by atoms with E-state index in [1.54, 1.807) is 6.08 Å². The predicted molar refractivity (Wildman–Crippen MR) is 39.5 cm³/mol. The minimum Gasteiger partial charge on any atom is -0.399 e. The van der Waals surface area contributed by atoms with Crippen LogP contribution in [0.3, 0.4) is 0 Å². The Morgan fingerprint density at radius 3 is 1.88 bits per heavy atom. The number of nitrogens with two attached hydrogens (primary N) is 1. The Kier molecular flexibility index (Phi) is 12.3. The van der Waals surface area contributed by atoms with Gasteiger partial charge in [-0.15, -0.1) is 0 Å². The van der Waals surface area contributed by atoms with E-state index in [9.17, 15) is 0 Å². The molecule has 0 spiro atoms. The highest BCUT2D eigenvalue weighted by molar-refractivity contribution is 5.07. The van der Waals surface area contributed by atoms with E-state index in [2.05, 4.69) is 6.58 Å². The highest BCUT2D eigenvalue weighted by Gasteiger charge is 1.63. The van der Waals surface area contributed by atoms with E-state index in [-0.39, 0.29) is 0 Å². The van der Waals surface area contributed by atoms with E-state index in [1.165, 1.54) is 0 Å². The van der Waals surface area contributed by atoms with Gasteiger partial charge in [-0.1, -0.05) is 26.5 Å². The highest BCUT2D eigenvalue weighted by atomic mass is 14.5. The van der Waals surface area contributed by atoms with Crippen LogP contribution >= 0.6 is 0 Å². The zero-order valence-electron chi connectivity index (χ0n) is 5.94. The summed E-state index contributed by atoms with van der Waals surface area (Å²) >= 11 is 0. The molecule has 0 fully saturated rings. The van der Waals surface area contributed by atoms with Crippen LogP contribution in [0.5, 0.6) is 0 Å². The first-order valence-electron chi connectivity index (χ1n) is 2.84. The topological polar surface area (TPSA) is 26.0 Å². The molecule has 0 bridgehead atoms. The normalized spacial score (nSPS) is 7.88. The fourth-order valence-electron chi connectivity index (χ4n) is 0.214. The van der Waals surface area contributed by atoms with Crippen molar-refractivity contribution in [3.05, 3.63) is 24.4 Å². The van der Waals surface area contributed by atoms with Crippen LogP contribution in [-0.4, -0.2) is 0 Å². The molecule has 0 aromatic rings. The molecule has 0 saturated carbocycles. The lowest BCUT2D eigenvalue weighted by Gasteiger charge is -1.78. The van der Waals surface area contributed by atoms with Crippen molar-refractivity contribution in [1.29, 1.82) is 0 Å². The van der Waals surface area contributed by atoms with Gasteiger partial charge in [0.1, 0.15) is 0 Å². The van der Waals surface area contributed by atoms with Crippen LogP contribution in [0.15, 0.2) is 24.4 Å². The lowest BCUT2D eigenvalue weighted by molar-refractivity contribution is 1.44. The van der Waals surface area contributed by atoms with Gasteiger partial charge in [0.15, 0.2) is 0 Å². The molecule has 0 aromatic carbocycles. The summed E-state index contributed by atoms with van der Waals surface area (Å²) in [6, 6.07) is 0. The summed E-state index contributed by atoms with van der Waals surface area (Å²) in [5, 5.41) is 0. The summed E-state index contributed by atoms with van der Waals surface area (Å²) in [6.07, 6.45) is 3.60. The van der Waals surface area contributed by atoms with Gasteiger partial charge in [-0.25, -0.2) is 0 Å². The first-order chi connectivity index (χ1) is 3.77. The number of allylic oxidation sites excluding steroid dienone is 2. The number of hydrogen-bond donors (Lipinski definition) is 1. The van der Waals surface area contributed by atoms with Crippen molar-refractivity contribution in [3.8, 4) is 0 Å². The van der Waals surface area contributed by atoms with Crippen LogP contribution in [0.1, 0.15) is 20.8 Å². The Morgan fingerprint density at radius 1 is 1.50 bits per heavy atom. The molecular weight excluding hydrogens is 98.1 g/mol. The van der Waals surface area contributed by atoms with E-state index in [1.807, 2.05) is 26.8 Å². The van der Waals surface area contributed by atoms with Gasteiger partial charge < -0.3 is 5.73 Å². The van der Waals surface area contributed by atoms with Gasteiger partial charge >= 0.3 is 0 Å². The van der Waals surface area contributed by atoms with Gasteiger partial charge in [0.2, 0.25) is 0 Å². The Labute approximate surface area is 51.9 Å². The average molecular weight is 113 g/mol. The molecule has 8 heavy (non-hydrogen) atoms. The van der Waals surface area contributed by atoms with Crippen molar-refractivity contribution >= 4 is 0 Å². The van der Waals surface area contributed by atoms with E-state index >= 15 is 0 Å². The summed E-state index contributed by atoms with van der Waals surface area (Å²) in [7, 11) is 0. The fourth-order valence-corrected chi connectivity index (χ4v) is 0.214. The number of rotatable bonds is 1. The van der Waals surface area contributed by atoms with E-state index in [0.29, 0.717) is 5.70 Å². The standard InChI is InChI=1S/C5H9N.C2H6/c1-3-4-5(2)6;1-2/h3-4H,2,6H2,1H3;1-2H3/b4-3-;. The number of hydrogen-bond acceptors (Lipinski definition) is 1. The van der Waals surface area contributed by atoms with E-state index in [4.69, 9.17) is 5.73 Å². The van der Waals surface area contributed by atoms with Crippen molar-refractivity contribution in [2.75, 3.05) is 0 Å². The molecule has 0 aromatic heterocycles. The molecule has 0 amide bonds. The maximum atomic E-state index is 5.12. The molecule has 0 rings (SSSR count). The van der Waals surface area contributed by atoms with Gasteiger partial charge in [-0.2, -0.15) is 0 Å². The third-order valence-corrected chi connectivity index (χ3v) is 0.381. The minimum absolute atomic E-state index is 0.609. The summed E-state index contributed by atoms with van der Waals surface area (Å²) in [5.74, 6) is 0.